The predicted molar refractivity (Wildman–Crippen MR) is 129 cm³/mol. The summed E-state index contributed by atoms with van der Waals surface area (Å²) in [6, 6.07) is -4.75. The largest absolute Gasteiger partial charge is 0.481 e. The van der Waals surface area contributed by atoms with E-state index >= 15 is 0 Å². The van der Waals surface area contributed by atoms with Gasteiger partial charge in [-0.15, -0.1) is 0 Å². The van der Waals surface area contributed by atoms with Gasteiger partial charge in [-0.2, -0.15) is 0 Å². The molecule has 0 aliphatic rings. The summed E-state index contributed by atoms with van der Waals surface area (Å²) < 4.78 is 0. The molecule has 202 valence electrons. The fourth-order valence-corrected chi connectivity index (χ4v) is 3.22. The van der Waals surface area contributed by atoms with Crippen LogP contribution in [0.5, 0.6) is 0 Å². The molecule has 3 amide bonds. The van der Waals surface area contributed by atoms with Gasteiger partial charge in [-0.05, 0) is 57.5 Å². The summed E-state index contributed by atoms with van der Waals surface area (Å²) in [6.45, 7) is 4.40. The Bertz CT molecular complexity index is 706. The van der Waals surface area contributed by atoms with Crippen LogP contribution in [0.4, 0.5) is 0 Å². The lowest BCUT2D eigenvalue weighted by atomic mass is 9.98. The molecule has 0 aromatic rings. The molecule has 0 aromatic heterocycles. The summed E-state index contributed by atoms with van der Waals surface area (Å²) >= 11 is 0. The zero-order valence-electron chi connectivity index (χ0n) is 20.6. The minimum absolute atomic E-state index is 0.0945. The molecule has 0 bridgehead atoms. The lowest BCUT2D eigenvalue weighted by Crippen LogP contribution is -2.58. The quantitative estimate of drug-likeness (QED) is 0.0963. The van der Waals surface area contributed by atoms with E-state index in [4.69, 9.17) is 17.2 Å². The van der Waals surface area contributed by atoms with E-state index in [1.54, 1.807) is 6.92 Å². The number of carboxylic acids is 2. The van der Waals surface area contributed by atoms with Gasteiger partial charge in [-0.1, -0.05) is 20.3 Å². The van der Waals surface area contributed by atoms with E-state index < -0.39 is 60.2 Å². The Labute approximate surface area is 205 Å². The van der Waals surface area contributed by atoms with E-state index in [0.717, 1.165) is 0 Å². The number of hydrogen-bond donors (Lipinski definition) is 8. The van der Waals surface area contributed by atoms with Crippen molar-refractivity contribution < 1.29 is 34.2 Å². The maximum atomic E-state index is 13.0. The van der Waals surface area contributed by atoms with Gasteiger partial charge in [-0.3, -0.25) is 19.2 Å². The second-order valence-electron chi connectivity index (χ2n) is 8.60. The second kappa shape index (κ2) is 17.6. The van der Waals surface area contributed by atoms with Crippen LogP contribution in [0.2, 0.25) is 0 Å². The number of amides is 3. The Balaban J connectivity index is 5.51. The molecule has 5 unspecified atom stereocenters. The lowest BCUT2D eigenvalue weighted by molar-refractivity contribution is -0.143. The third-order valence-electron chi connectivity index (χ3n) is 5.71. The molecule has 11 N–H and O–H groups in total. The summed E-state index contributed by atoms with van der Waals surface area (Å²) in [7, 11) is 0. The Kier molecular flexibility index (Phi) is 16.2. The molecule has 13 heteroatoms. The number of hydrogen-bond acceptors (Lipinski definition) is 8. The first-order valence-corrected chi connectivity index (χ1v) is 12.0. The van der Waals surface area contributed by atoms with Crippen molar-refractivity contribution in [3.05, 3.63) is 0 Å². The highest BCUT2D eigenvalue weighted by molar-refractivity contribution is 5.95. The molecule has 0 fully saturated rings. The van der Waals surface area contributed by atoms with Crippen molar-refractivity contribution in [1.29, 1.82) is 0 Å². The van der Waals surface area contributed by atoms with Crippen LogP contribution in [0.3, 0.4) is 0 Å². The molecule has 0 heterocycles. The highest BCUT2D eigenvalue weighted by Gasteiger charge is 2.31. The van der Waals surface area contributed by atoms with Crippen molar-refractivity contribution in [1.82, 2.24) is 16.0 Å². The number of carbonyl (C=O) groups excluding carboxylic acids is 3. The van der Waals surface area contributed by atoms with Crippen LogP contribution in [0.25, 0.3) is 0 Å². The summed E-state index contributed by atoms with van der Waals surface area (Å²) in [4.78, 5) is 61.0. The number of rotatable bonds is 19. The standard InChI is InChI=1S/C22H42N6O7/c1-3-13(2)18(25)21(33)26-14(8-4-6-10-23)19(31)28-16(12-17(29)30)20(32)27-15(22(34)35)9-5-7-11-24/h13-16,18H,3-12,23-25H2,1-2H3,(H,26,33)(H,27,32)(H,28,31)(H,29,30)(H,34,35). The van der Waals surface area contributed by atoms with Gasteiger partial charge < -0.3 is 43.4 Å². The van der Waals surface area contributed by atoms with Gasteiger partial charge in [0, 0.05) is 0 Å². The van der Waals surface area contributed by atoms with Crippen LogP contribution in [0, 0.1) is 5.92 Å². The van der Waals surface area contributed by atoms with Crippen molar-refractivity contribution in [2.75, 3.05) is 13.1 Å². The van der Waals surface area contributed by atoms with Crippen molar-refractivity contribution >= 4 is 29.7 Å². The van der Waals surface area contributed by atoms with Gasteiger partial charge in [0.15, 0.2) is 0 Å². The molecule has 0 radical (unpaired) electrons. The molecule has 0 saturated heterocycles. The molecule has 5 atom stereocenters. The second-order valence-corrected chi connectivity index (χ2v) is 8.60. The van der Waals surface area contributed by atoms with Crippen molar-refractivity contribution in [3.63, 3.8) is 0 Å². The van der Waals surface area contributed by atoms with Crippen LogP contribution in [0.1, 0.15) is 65.2 Å². The number of unbranched alkanes of at least 4 members (excludes halogenated alkanes) is 2. The molecule has 0 rings (SSSR count). The predicted octanol–water partition coefficient (Wildman–Crippen LogP) is -1.37. The fraction of sp³-hybridized carbons (Fsp3) is 0.773. The summed E-state index contributed by atoms with van der Waals surface area (Å²) in [5.74, 6) is -5.07. The third-order valence-corrected chi connectivity index (χ3v) is 5.71. The smallest absolute Gasteiger partial charge is 0.326 e. The molecule has 0 aromatic carbocycles. The third kappa shape index (κ3) is 13.0. The van der Waals surface area contributed by atoms with E-state index in [0.29, 0.717) is 45.2 Å². The lowest BCUT2D eigenvalue weighted by Gasteiger charge is -2.25. The summed E-state index contributed by atoms with van der Waals surface area (Å²) in [6.07, 6.45) is 2.23. The molecular weight excluding hydrogens is 460 g/mol. The number of aliphatic carboxylic acids is 2. The molecule has 0 aliphatic carbocycles. The number of carboxylic acid groups (broad SMARTS) is 2. The highest BCUT2D eigenvalue weighted by Crippen LogP contribution is 2.09. The number of carbonyl (C=O) groups is 5. The van der Waals surface area contributed by atoms with Gasteiger partial charge in [0.1, 0.15) is 18.1 Å². The Hall–Kier alpha value is -2.77. The van der Waals surface area contributed by atoms with Crippen LogP contribution >= 0.6 is 0 Å². The normalized spacial score (nSPS) is 15.2. The van der Waals surface area contributed by atoms with Crippen molar-refractivity contribution in [2.24, 2.45) is 23.1 Å². The van der Waals surface area contributed by atoms with Crippen molar-refractivity contribution in [2.45, 2.75) is 89.4 Å². The van der Waals surface area contributed by atoms with E-state index in [1.165, 1.54) is 0 Å². The SMILES string of the molecule is CCC(C)C(N)C(=O)NC(CCCCN)C(=O)NC(CC(=O)O)C(=O)NC(CCCCN)C(=O)O. The minimum atomic E-state index is -1.55. The van der Waals surface area contributed by atoms with Crippen LogP contribution in [0.15, 0.2) is 0 Å². The number of nitrogens with one attached hydrogen (secondary N) is 3. The van der Waals surface area contributed by atoms with Crippen molar-refractivity contribution in [3.8, 4) is 0 Å². The van der Waals surface area contributed by atoms with Crippen LogP contribution in [-0.4, -0.2) is 77.1 Å². The van der Waals surface area contributed by atoms with Gasteiger partial charge in [0.25, 0.3) is 0 Å². The van der Waals surface area contributed by atoms with Gasteiger partial charge in [-0.25, -0.2) is 4.79 Å². The monoisotopic (exact) mass is 502 g/mol. The maximum absolute atomic E-state index is 13.0. The van der Waals surface area contributed by atoms with Gasteiger partial charge >= 0.3 is 11.9 Å². The minimum Gasteiger partial charge on any atom is -0.481 e. The summed E-state index contributed by atoms with van der Waals surface area (Å²) in [5.41, 5.74) is 16.9. The first-order chi connectivity index (χ1) is 16.5. The molecule has 0 aliphatic heterocycles. The van der Waals surface area contributed by atoms with Gasteiger partial charge in [0.2, 0.25) is 17.7 Å². The maximum Gasteiger partial charge on any atom is 0.326 e. The zero-order chi connectivity index (χ0) is 27.0. The Morgan fingerprint density at radius 1 is 0.743 bits per heavy atom. The van der Waals surface area contributed by atoms with E-state index in [1.807, 2.05) is 6.92 Å². The Morgan fingerprint density at radius 3 is 1.66 bits per heavy atom. The van der Waals surface area contributed by atoms with E-state index in [-0.39, 0.29) is 18.8 Å². The average Bonchev–Trinajstić information content (AvgIpc) is 2.80. The number of nitrogens with two attached hydrogens (primary N) is 3. The van der Waals surface area contributed by atoms with E-state index in [9.17, 15) is 34.2 Å². The van der Waals surface area contributed by atoms with Crippen LogP contribution < -0.4 is 33.2 Å². The topological polar surface area (TPSA) is 240 Å². The summed E-state index contributed by atoms with van der Waals surface area (Å²) in [5, 5.41) is 25.8. The van der Waals surface area contributed by atoms with E-state index in [2.05, 4.69) is 16.0 Å². The fourth-order valence-electron chi connectivity index (χ4n) is 3.22. The van der Waals surface area contributed by atoms with Gasteiger partial charge in [0.05, 0.1) is 12.5 Å². The zero-order valence-corrected chi connectivity index (χ0v) is 20.6. The molecule has 13 nitrogen and oxygen atoms in total. The molecule has 0 saturated carbocycles. The first kappa shape index (κ1) is 32.2. The molecule has 35 heavy (non-hydrogen) atoms. The first-order valence-electron chi connectivity index (χ1n) is 12.0. The Morgan fingerprint density at radius 2 is 1.20 bits per heavy atom. The molecule has 0 spiro atoms. The van der Waals surface area contributed by atoms with Crippen LogP contribution in [-0.2, 0) is 24.0 Å². The average molecular weight is 503 g/mol. The molecular formula is C22H42N6O7. The highest BCUT2D eigenvalue weighted by atomic mass is 16.4.